The summed E-state index contributed by atoms with van der Waals surface area (Å²) in [6, 6.07) is 14.8. The Labute approximate surface area is 188 Å². The molecule has 33 heavy (non-hydrogen) atoms. The summed E-state index contributed by atoms with van der Waals surface area (Å²) in [4.78, 5) is 25.0. The normalized spacial score (nSPS) is 19.0. The molecule has 0 fully saturated rings. The zero-order valence-electron chi connectivity index (χ0n) is 18.0. The van der Waals surface area contributed by atoms with E-state index in [1.807, 2.05) is 0 Å². The van der Waals surface area contributed by atoms with E-state index in [1.54, 1.807) is 30.3 Å². The summed E-state index contributed by atoms with van der Waals surface area (Å²) in [5, 5.41) is 0. The van der Waals surface area contributed by atoms with Crippen molar-refractivity contribution in [2.45, 2.75) is 36.8 Å². The summed E-state index contributed by atoms with van der Waals surface area (Å²) < 4.78 is 63.4. The molecule has 0 unspecified atom stereocenters. The van der Waals surface area contributed by atoms with Gasteiger partial charge in [-0.2, -0.15) is 13.2 Å². The number of halogens is 3. The molecule has 0 N–H and O–H groups in total. The second kappa shape index (κ2) is 10.1. The molecule has 0 bridgehead atoms. The van der Waals surface area contributed by atoms with Gasteiger partial charge >= 0.3 is 18.1 Å². The van der Waals surface area contributed by atoms with Crippen LogP contribution in [0.2, 0.25) is 0 Å². The molecule has 0 aliphatic carbocycles. The van der Waals surface area contributed by atoms with Crippen LogP contribution in [0.1, 0.15) is 30.1 Å². The number of methoxy groups -OCH3 is 2. The Hall–Kier alpha value is -3.33. The first kappa shape index (κ1) is 24.3. The van der Waals surface area contributed by atoms with E-state index >= 15 is 0 Å². The van der Waals surface area contributed by atoms with E-state index < -0.39 is 41.5 Å². The molecule has 0 saturated carbocycles. The van der Waals surface area contributed by atoms with Crippen LogP contribution in [0.15, 0.2) is 72.5 Å². The van der Waals surface area contributed by atoms with Gasteiger partial charge in [0, 0.05) is 25.5 Å². The van der Waals surface area contributed by atoms with Gasteiger partial charge in [0.05, 0.1) is 13.2 Å². The van der Waals surface area contributed by atoms with Gasteiger partial charge in [-0.1, -0.05) is 60.7 Å². The zero-order chi connectivity index (χ0) is 24.1. The molecule has 9 heteroatoms. The topological polar surface area (TPSA) is 71.1 Å². The Bertz CT molecular complexity index is 990. The van der Waals surface area contributed by atoms with Crippen molar-refractivity contribution in [3.8, 4) is 0 Å². The van der Waals surface area contributed by atoms with Gasteiger partial charge in [-0.05, 0) is 5.56 Å². The minimum atomic E-state index is -5.11. The van der Waals surface area contributed by atoms with Crippen molar-refractivity contribution >= 4 is 11.9 Å². The molecule has 0 amide bonds. The predicted molar refractivity (Wildman–Crippen MR) is 111 cm³/mol. The molecular weight excluding hydrogens is 441 g/mol. The van der Waals surface area contributed by atoms with E-state index in [0.717, 1.165) is 19.2 Å². The van der Waals surface area contributed by atoms with Crippen LogP contribution in [-0.2, 0) is 34.1 Å². The fourth-order valence-corrected chi connectivity index (χ4v) is 3.69. The van der Waals surface area contributed by atoms with Gasteiger partial charge < -0.3 is 18.9 Å². The average Bonchev–Trinajstić information content (AvgIpc) is 2.79. The van der Waals surface area contributed by atoms with Crippen molar-refractivity contribution < 1.29 is 41.7 Å². The number of hydrogen-bond acceptors (Lipinski definition) is 6. The van der Waals surface area contributed by atoms with Crippen LogP contribution < -0.4 is 0 Å². The Kier molecular flexibility index (Phi) is 7.43. The van der Waals surface area contributed by atoms with Crippen LogP contribution in [0, 0.1) is 0 Å². The average molecular weight is 464 g/mol. The van der Waals surface area contributed by atoms with Crippen molar-refractivity contribution in [3.05, 3.63) is 83.6 Å². The van der Waals surface area contributed by atoms with Crippen molar-refractivity contribution in [1.82, 2.24) is 0 Å². The van der Waals surface area contributed by atoms with E-state index in [-0.39, 0.29) is 12.8 Å². The molecular formula is C24H23F3O6. The lowest BCUT2D eigenvalue weighted by Gasteiger charge is -2.34. The van der Waals surface area contributed by atoms with Crippen LogP contribution in [0.4, 0.5) is 13.2 Å². The van der Waals surface area contributed by atoms with Crippen LogP contribution >= 0.6 is 0 Å². The third-order valence-corrected chi connectivity index (χ3v) is 5.32. The second-order valence-corrected chi connectivity index (χ2v) is 7.37. The van der Waals surface area contributed by atoms with Gasteiger partial charge in [0.2, 0.25) is 0 Å². The molecule has 0 radical (unpaired) electrons. The highest BCUT2D eigenvalue weighted by atomic mass is 19.4. The van der Waals surface area contributed by atoms with Crippen LogP contribution in [0.5, 0.6) is 0 Å². The number of cyclic esters (lactones) is 1. The summed E-state index contributed by atoms with van der Waals surface area (Å²) in [6.07, 6.45) is -5.71. The Balaban J connectivity index is 1.95. The van der Waals surface area contributed by atoms with Crippen molar-refractivity contribution in [2.24, 2.45) is 0 Å². The Morgan fingerprint density at radius 1 is 1.06 bits per heavy atom. The van der Waals surface area contributed by atoms with E-state index in [4.69, 9.17) is 18.9 Å². The molecule has 1 heterocycles. The van der Waals surface area contributed by atoms with Crippen molar-refractivity contribution in [2.75, 3.05) is 14.2 Å². The third kappa shape index (κ3) is 5.19. The minimum Gasteiger partial charge on any atom is -0.501 e. The van der Waals surface area contributed by atoms with Crippen molar-refractivity contribution in [1.29, 1.82) is 0 Å². The molecule has 2 aromatic carbocycles. The summed E-state index contributed by atoms with van der Waals surface area (Å²) in [5.74, 6) is -1.91. The molecule has 0 aromatic heterocycles. The lowest BCUT2D eigenvalue weighted by molar-refractivity contribution is -0.278. The van der Waals surface area contributed by atoms with Gasteiger partial charge in [0.1, 0.15) is 18.0 Å². The quantitative estimate of drug-likeness (QED) is 0.532. The highest BCUT2D eigenvalue weighted by molar-refractivity contribution is 5.84. The third-order valence-electron chi connectivity index (χ3n) is 5.32. The first-order valence-corrected chi connectivity index (χ1v) is 10.1. The van der Waals surface area contributed by atoms with E-state index in [9.17, 15) is 22.8 Å². The van der Waals surface area contributed by atoms with E-state index in [1.165, 1.54) is 31.4 Å². The first-order valence-electron chi connectivity index (χ1n) is 10.1. The van der Waals surface area contributed by atoms with Gasteiger partial charge in [-0.3, -0.25) is 0 Å². The molecule has 0 saturated heterocycles. The number of esters is 2. The number of carbonyl (C=O) groups excluding carboxylic acids is 2. The maximum Gasteiger partial charge on any atom is 0.432 e. The first-order chi connectivity index (χ1) is 15.7. The second-order valence-electron chi connectivity index (χ2n) is 7.37. The minimum absolute atomic E-state index is 0.0748. The van der Waals surface area contributed by atoms with Crippen molar-refractivity contribution in [3.63, 3.8) is 0 Å². The smallest absolute Gasteiger partial charge is 0.432 e. The summed E-state index contributed by atoms with van der Waals surface area (Å²) in [7, 11) is 2.20. The molecule has 1 aliphatic heterocycles. The monoisotopic (exact) mass is 464 g/mol. The lowest BCUT2D eigenvalue weighted by Crippen LogP contribution is -2.52. The SMILES string of the molecule is COC1=CC(=O)O[C@@H](C[C@H](OC(=O)[C@@](OC)(c2ccccc2)C(F)(F)F)c2ccccc2)C1. The van der Waals surface area contributed by atoms with Gasteiger partial charge in [0.15, 0.2) is 0 Å². The molecule has 176 valence electrons. The summed E-state index contributed by atoms with van der Waals surface area (Å²) in [6.45, 7) is 0. The molecule has 2 aromatic rings. The molecule has 1 aliphatic rings. The molecule has 0 spiro atoms. The van der Waals surface area contributed by atoms with Crippen LogP contribution in [0.3, 0.4) is 0 Å². The van der Waals surface area contributed by atoms with Gasteiger partial charge in [-0.15, -0.1) is 0 Å². The fraction of sp³-hybridized carbons (Fsp3) is 0.333. The molecule has 6 nitrogen and oxygen atoms in total. The summed E-state index contributed by atoms with van der Waals surface area (Å²) >= 11 is 0. The maximum atomic E-state index is 14.3. The van der Waals surface area contributed by atoms with Gasteiger partial charge in [0.25, 0.3) is 5.60 Å². The molecule has 3 rings (SSSR count). The Morgan fingerprint density at radius 3 is 2.21 bits per heavy atom. The van der Waals surface area contributed by atoms with E-state index in [0.29, 0.717) is 11.3 Å². The number of benzene rings is 2. The number of ether oxygens (including phenoxy) is 4. The molecule has 3 atom stereocenters. The standard InChI is InChI=1S/C24H23F3O6/c1-30-18-13-19(32-21(28)15-18)14-20(16-9-5-3-6-10-16)33-22(29)23(31-2,24(25,26)27)17-11-7-4-8-12-17/h3-12,15,19-20H,13-14H2,1-2H3/t19-,20+,23+/m1/s1. The zero-order valence-corrected chi connectivity index (χ0v) is 18.0. The number of carbonyl (C=O) groups is 2. The summed E-state index contributed by atoms with van der Waals surface area (Å²) in [5.41, 5.74) is -3.30. The number of hydrogen-bond donors (Lipinski definition) is 0. The lowest BCUT2D eigenvalue weighted by atomic mass is 9.92. The highest BCUT2D eigenvalue weighted by Gasteiger charge is 2.64. The maximum absolute atomic E-state index is 14.3. The Morgan fingerprint density at radius 2 is 1.67 bits per heavy atom. The van der Waals surface area contributed by atoms with Gasteiger partial charge in [-0.25, -0.2) is 9.59 Å². The van der Waals surface area contributed by atoms with E-state index in [2.05, 4.69) is 0 Å². The largest absolute Gasteiger partial charge is 0.501 e. The highest BCUT2D eigenvalue weighted by Crippen LogP contribution is 2.44. The fourth-order valence-electron chi connectivity index (χ4n) is 3.69. The number of alkyl halides is 3. The number of rotatable bonds is 8. The predicted octanol–water partition coefficient (Wildman–Crippen LogP) is 4.61. The van der Waals surface area contributed by atoms with Crippen LogP contribution in [-0.4, -0.2) is 38.4 Å². The van der Waals surface area contributed by atoms with Crippen LogP contribution in [0.25, 0.3) is 0 Å².